The number of benzene rings is 1. The molecule has 1 heterocycles. The van der Waals surface area contributed by atoms with Crippen LogP contribution >= 0.6 is 22.9 Å². The number of rotatable bonds is 8. The number of ether oxygens (including phenoxy) is 2. The highest BCUT2D eigenvalue weighted by molar-refractivity contribution is 7.10. The van der Waals surface area contributed by atoms with Crippen LogP contribution in [-0.4, -0.2) is 32.8 Å². The first-order valence-corrected chi connectivity index (χ1v) is 8.11. The highest BCUT2D eigenvalue weighted by Gasteiger charge is 2.17. The summed E-state index contributed by atoms with van der Waals surface area (Å²) in [7, 11) is 1.59. The van der Waals surface area contributed by atoms with Gasteiger partial charge in [0.25, 0.3) is 0 Å². The Morgan fingerprint density at radius 2 is 2.05 bits per heavy atom. The minimum absolute atomic E-state index is 0.0127. The zero-order valence-electron chi connectivity index (χ0n) is 12.3. The van der Waals surface area contributed by atoms with E-state index >= 15 is 0 Å². The van der Waals surface area contributed by atoms with Crippen LogP contribution in [-0.2, 0) is 14.3 Å². The fourth-order valence-electron chi connectivity index (χ4n) is 1.94. The Kier molecular flexibility index (Phi) is 6.86. The van der Waals surface area contributed by atoms with Crippen molar-refractivity contribution < 1.29 is 14.3 Å². The van der Waals surface area contributed by atoms with Crippen molar-refractivity contribution in [2.75, 3.05) is 26.9 Å². The SMILES string of the molecule is COCCOCC(=O)N[C@H](c1ccc(Cl)cc1)c1cccs1. The molecule has 1 aromatic carbocycles. The van der Waals surface area contributed by atoms with E-state index in [1.807, 2.05) is 41.8 Å². The van der Waals surface area contributed by atoms with Crippen molar-refractivity contribution in [1.82, 2.24) is 5.32 Å². The molecule has 0 unspecified atom stereocenters. The molecule has 0 fully saturated rings. The van der Waals surface area contributed by atoms with Gasteiger partial charge in [0.15, 0.2) is 0 Å². The fraction of sp³-hybridized carbons (Fsp3) is 0.312. The summed E-state index contributed by atoms with van der Waals surface area (Å²) in [5, 5.41) is 5.65. The van der Waals surface area contributed by atoms with Crippen LogP contribution in [0.25, 0.3) is 0 Å². The average molecular weight is 340 g/mol. The molecule has 0 aliphatic rings. The first-order chi connectivity index (χ1) is 10.7. The second-order valence-corrected chi connectivity index (χ2v) is 6.03. The first kappa shape index (κ1) is 17.0. The normalized spacial score (nSPS) is 12.1. The molecular formula is C16H18ClNO3S. The Morgan fingerprint density at radius 1 is 1.27 bits per heavy atom. The molecule has 0 saturated heterocycles. The summed E-state index contributed by atoms with van der Waals surface area (Å²) in [4.78, 5) is 13.1. The van der Waals surface area contributed by atoms with E-state index < -0.39 is 0 Å². The molecule has 2 rings (SSSR count). The molecule has 1 atom stereocenters. The van der Waals surface area contributed by atoms with Crippen LogP contribution in [0.1, 0.15) is 16.5 Å². The molecule has 118 valence electrons. The molecule has 1 amide bonds. The van der Waals surface area contributed by atoms with Crippen molar-refractivity contribution in [3.63, 3.8) is 0 Å². The number of amides is 1. The monoisotopic (exact) mass is 339 g/mol. The lowest BCUT2D eigenvalue weighted by Crippen LogP contribution is -2.32. The molecule has 22 heavy (non-hydrogen) atoms. The number of carbonyl (C=O) groups is 1. The molecule has 0 aliphatic carbocycles. The van der Waals surface area contributed by atoms with Gasteiger partial charge in [0.2, 0.25) is 5.91 Å². The van der Waals surface area contributed by atoms with Crippen LogP contribution in [0, 0.1) is 0 Å². The maximum atomic E-state index is 12.1. The smallest absolute Gasteiger partial charge is 0.246 e. The lowest BCUT2D eigenvalue weighted by atomic mass is 10.1. The van der Waals surface area contributed by atoms with E-state index in [1.54, 1.807) is 18.4 Å². The number of carbonyl (C=O) groups excluding carboxylic acids is 1. The van der Waals surface area contributed by atoms with Gasteiger partial charge in [0.1, 0.15) is 6.61 Å². The van der Waals surface area contributed by atoms with E-state index in [-0.39, 0.29) is 18.6 Å². The van der Waals surface area contributed by atoms with Gasteiger partial charge in [0.05, 0.1) is 19.3 Å². The minimum atomic E-state index is -0.198. The van der Waals surface area contributed by atoms with Crippen molar-refractivity contribution in [2.24, 2.45) is 0 Å². The van der Waals surface area contributed by atoms with Crippen molar-refractivity contribution in [3.05, 3.63) is 57.2 Å². The van der Waals surface area contributed by atoms with Crippen LogP contribution in [0.15, 0.2) is 41.8 Å². The van der Waals surface area contributed by atoms with Gasteiger partial charge >= 0.3 is 0 Å². The Bertz CT molecular complexity index is 572. The maximum Gasteiger partial charge on any atom is 0.246 e. The van der Waals surface area contributed by atoms with Crippen molar-refractivity contribution in [2.45, 2.75) is 6.04 Å². The van der Waals surface area contributed by atoms with Gasteiger partial charge in [-0.05, 0) is 29.1 Å². The number of hydrogen-bond acceptors (Lipinski definition) is 4. The van der Waals surface area contributed by atoms with E-state index in [4.69, 9.17) is 21.1 Å². The molecule has 0 radical (unpaired) electrons. The quantitative estimate of drug-likeness (QED) is 0.751. The molecular weight excluding hydrogens is 322 g/mol. The van der Waals surface area contributed by atoms with Crippen LogP contribution in [0.2, 0.25) is 5.02 Å². The second kappa shape index (κ2) is 8.90. The van der Waals surface area contributed by atoms with Crippen LogP contribution < -0.4 is 5.32 Å². The third-order valence-electron chi connectivity index (χ3n) is 3.00. The molecule has 0 saturated carbocycles. The van der Waals surface area contributed by atoms with Crippen molar-refractivity contribution >= 4 is 28.8 Å². The molecule has 0 bridgehead atoms. The largest absolute Gasteiger partial charge is 0.382 e. The highest BCUT2D eigenvalue weighted by atomic mass is 35.5. The van der Waals surface area contributed by atoms with Gasteiger partial charge in [-0.2, -0.15) is 0 Å². The summed E-state index contributed by atoms with van der Waals surface area (Å²) >= 11 is 7.52. The van der Waals surface area contributed by atoms with E-state index in [9.17, 15) is 4.79 Å². The lowest BCUT2D eigenvalue weighted by Gasteiger charge is -2.18. The number of halogens is 1. The van der Waals surface area contributed by atoms with Gasteiger partial charge in [-0.25, -0.2) is 0 Å². The standard InChI is InChI=1S/C16H18ClNO3S/c1-20-8-9-21-11-15(19)18-16(14-3-2-10-22-14)12-4-6-13(17)7-5-12/h2-7,10,16H,8-9,11H2,1H3,(H,18,19)/t16-/m1/s1. The van der Waals surface area contributed by atoms with Gasteiger partial charge in [0, 0.05) is 17.0 Å². The van der Waals surface area contributed by atoms with Crippen molar-refractivity contribution in [1.29, 1.82) is 0 Å². The molecule has 0 spiro atoms. The Hall–Kier alpha value is -1.40. The Balaban J connectivity index is 2.03. The van der Waals surface area contributed by atoms with Crippen LogP contribution in [0.4, 0.5) is 0 Å². The molecule has 1 aromatic heterocycles. The summed E-state index contributed by atoms with van der Waals surface area (Å²) < 4.78 is 10.1. The fourth-order valence-corrected chi connectivity index (χ4v) is 2.87. The highest BCUT2D eigenvalue weighted by Crippen LogP contribution is 2.26. The van der Waals surface area contributed by atoms with Gasteiger partial charge in [-0.1, -0.05) is 29.8 Å². The summed E-state index contributed by atoms with van der Waals surface area (Å²) in [5.41, 5.74) is 0.983. The Labute approximate surface area is 139 Å². The lowest BCUT2D eigenvalue weighted by molar-refractivity contribution is -0.126. The zero-order valence-corrected chi connectivity index (χ0v) is 13.8. The number of methoxy groups -OCH3 is 1. The molecule has 0 aliphatic heterocycles. The first-order valence-electron chi connectivity index (χ1n) is 6.85. The number of thiophene rings is 1. The third-order valence-corrected chi connectivity index (χ3v) is 4.19. The third kappa shape index (κ3) is 5.10. The summed E-state index contributed by atoms with van der Waals surface area (Å²) in [5.74, 6) is -0.163. The molecule has 2 aromatic rings. The van der Waals surface area contributed by atoms with Crippen molar-refractivity contribution in [3.8, 4) is 0 Å². The summed E-state index contributed by atoms with van der Waals surface area (Å²) in [6.45, 7) is 0.881. The predicted octanol–water partition coefficient (Wildman–Crippen LogP) is 3.27. The molecule has 1 N–H and O–H groups in total. The van der Waals surface area contributed by atoms with E-state index in [1.165, 1.54) is 0 Å². The van der Waals surface area contributed by atoms with Gasteiger partial charge in [-0.3, -0.25) is 4.79 Å². The molecule has 4 nitrogen and oxygen atoms in total. The number of nitrogens with one attached hydrogen (secondary N) is 1. The zero-order chi connectivity index (χ0) is 15.8. The van der Waals surface area contributed by atoms with Gasteiger partial charge < -0.3 is 14.8 Å². The van der Waals surface area contributed by atoms with Crippen LogP contribution in [0.3, 0.4) is 0 Å². The predicted molar refractivity (Wildman–Crippen MR) is 88.5 cm³/mol. The summed E-state index contributed by atoms with van der Waals surface area (Å²) in [6, 6.07) is 11.2. The van der Waals surface area contributed by atoms with E-state index in [0.29, 0.717) is 18.2 Å². The maximum absolute atomic E-state index is 12.1. The molecule has 6 heteroatoms. The second-order valence-electron chi connectivity index (χ2n) is 4.61. The van der Waals surface area contributed by atoms with E-state index in [0.717, 1.165) is 10.4 Å². The number of hydrogen-bond donors (Lipinski definition) is 1. The average Bonchev–Trinajstić information content (AvgIpc) is 3.04. The topological polar surface area (TPSA) is 47.6 Å². The van der Waals surface area contributed by atoms with Crippen LogP contribution in [0.5, 0.6) is 0 Å². The Morgan fingerprint density at radius 3 is 2.68 bits per heavy atom. The van der Waals surface area contributed by atoms with E-state index in [2.05, 4.69) is 5.32 Å². The summed E-state index contributed by atoms with van der Waals surface area (Å²) in [6.07, 6.45) is 0. The van der Waals surface area contributed by atoms with Gasteiger partial charge in [-0.15, -0.1) is 11.3 Å². The minimum Gasteiger partial charge on any atom is -0.382 e.